The molecule has 8 heteroatoms. The van der Waals surface area contributed by atoms with Crippen LogP contribution in [0.3, 0.4) is 0 Å². The summed E-state index contributed by atoms with van der Waals surface area (Å²) >= 11 is 0. The zero-order valence-corrected chi connectivity index (χ0v) is 12.8. The second kappa shape index (κ2) is 5.88. The van der Waals surface area contributed by atoms with Gasteiger partial charge in [0.05, 0.1) is 18.4 Å². The Morgan fingerprint density at radius 2 is 2.00 bits per heavy atom. The van der Waals surface area contributed by atoms with E-state index in [-0.39, 0.29) is 24.3 Å². The van der Waals surface area contributed by atoms with Gasteiger partial charge in [0.1, 0.15) is 12.4 Å². The summed E-state index contributed by atoms with van der Waals surface area (Å²) in [5, 5.41) is 11.9. The molecule has 0 N–H and O–H groups in total. The average molecular weight is 326 g/mol. The zero-order valence-electron chi connectivity index (χ0n) is 12.8. The number of likely N-dealkylation sites (tertiary alicyclic amines) is 1. The van der Waals surface area contributed by atoms with Crippen LogP contribution in [-0.4, -0.2) is 48.7 Å². The quantitative estimate of drug-likeness (QED) is 0.726. The summed E-state index contributed by atoms with van der Waals surface area (Å²) in [6.45, 7) is 1.45. The van der Waals surface area contributed by atoms with Crippen molar-refractivity contribution in [2.75, 3.05) is 13.1 Å². The van der Waals surface area contributed by atoms with Gasteiger partial charge in [0.25, 0.3) is 0 Å². The molecule has 1 saturated heterocycles. The molecule has 3 heterocycles. The number of nitrogens with zero attached hydrogens (tertiary/aromatic N) is 6. The van der Waals surface area contributed by atoms with E-state index in [0.29, 0.717) is 13.1 Å². The molecule has 1 fully saturated rings. The van der Waals surface area contributed by atoms with Crippen LogP contribution in [0.15, 0.2) is 49.1 Å². The Bertz CT molecular complexity index is 836. The number of aromatic nitrogens is 5. The highest BCUT2D eigenvalue weighted by atomic mass is 19.1. The Labute approximate surface area is 137 Å². The molecule has 0 unspecified atom stereocenters. The maximum Gasteiger partial charge on any atom is 0.244 e. The smallest absolute Gasteiger partial charge is 0.244 e. The van der Waals surface area contributed by atoms with Crippen molar-refractivity contribution in [3.8, 4) is 11.1 Å². The maximum atomic E-state index is 13.0. The molecule has 0 bridgehead atoms. The first-order valence-electron chi connectivity index (χ1n) is 7.61. The minimum atomic E-state index is -0.277. The van der Waals surface area contributed by atoms with Crippen LogP contribution in [0.25, 0.3) is 11.1 Å². The molecule has 0 radical (unpaired) electrons. The fourth-order valence-electron chi connectivity index (χ4n) is 2.72. The number of halogens is 1. The fourth-order valence-corrected chi connectivity index (χ4v) is 2.72. The summed E-state index contributed by atoms with van der Waals surface area (Å²) in [4.78, 5) is 14.0. The van der Waals surface area contributed by atoms with Crippen molar-refractivity contribution < 1.29 is 9.18 Å². The van der Waals surface area contributed by atoms with Crippen LogP contribution in [0.1, 0.15) is 6.04 Å². The highest BCUT2D eigenvalue weighted by Crippen LogP contribution is 2.21. The van der Waals surface area contributed by atoms with Crippen molar-refractivity contribution in [2.24, 2.45) is 0 Å². The number of hydrogen-bond donors (Lipinski definition) is 0. The summed E-state index contributed by atoms with van der Waals surface area (Å²) in [6.07, 6.45) is 6.90. The molecule has 0 saturated carbocycles. The van der Waals surface area contributed by atoms with Crippen molar-refractivity contribution >= 4 is 5.91 Å². The fraction of sp³-hybridized carbons (Fsp3) is 0.250. The van der Waals surface area contributed by atoms with E-state index in [4.69, 9.17) is 0 Å². The summed E-state index contributed by atoms with van der Waals surface area (Å²) in [5.41, 5.74) is 1.72. The molecule has 1 amide bonds. The third kappa shape index (κ3) is 2.78. The third-order valence-corrected chi connectivity index (χ3v) is 4.14. The van der Waals surface area contributed by atoms with Gasteiger partial charge in [-0.15, -0.1) is 5.10 Å². The van der Waals surface area contributed by atoms with Crippen LogP contribution in [0.4, 0.5) is 4.39 Å². The first-order valence-corrected chi connectivity index (χ1v) is 7.61. The van der Waals surface area contributed by atoms with E-state index in [1.165, 1.54) is 12.1 Å². The van der Waals surface area contributed by atoms with Crippen LogP contribution in [-0.2, 0) is 11.3 Å². The van der Waals surface area contributed by atoms with Crippen molar-refractivity contribution in [1.82, 2.24) is 29.7 Å². The molecule has 0 atom stereocenters. The molecule has 24 heavy (non-hydrogen) atoms. The predicted molar refractivity (Wildman–Crippen MR) is 83.3 cm³/mol. The Morgan fingerprint density at radius 1 is 1.21 bits per heavy atom. The predicted octanol–water partition coefficient (Wildman–Crippen LogP) is 1.36. The van der Waals surface area contributed by atoms with Gasteiger partial charge in [0.15, 0.2) is 0 Å². The molecule has 0 spiro atoms. The first-order chi connectivity index (χ1) is 11.7. The van der Waals surface area contributed by atoms with Gasteiger partial charge in [0, 0.05) is 31.0 Å². The number of hydrogen-bond acceptors (Lipinski definition) is 4. The summed E-state index contributed by atoms with van der Waals surface area (Å²) < 4.78 is 16.3. The van der Waals surface area contributed by atoms with E-state index >= 15 is 0 Å². The van der Waals surface area contributed by atoms with Crippen molar-refractivity contribution in [2.45, 2.75) is 12.6 Å². The standard InChI is InChI=1S/C16H15FN6O/c17-14-3-1-12(2-4-14)13-7-19-22(8-13)11-16(24)21-9-15(10-21)23-6-5-18-20-23/h1-8,15H,9-11H2. The second-order valence-electron chi connectivity index (χ2n) is 5.77. The van der Waals surface area contributed by atoms with E-state index in [9.17, 15) is 9.18 Å². The lowest BCUT2D eigenvalue weighted by Gasteiger charge is -2.38. The first kappa shape index (κ1) is 14.6. The summed E-state index contributed by atoms with van der Waals surface area (Å²) in [6, 6.07) is 6.39. The Hall–Kier alpha value is -3.03. The van der Waals surface area contributed by atoms with Crippen LogP contribution in [0.2, 0.25) is 0 Å². The normalized spacial score (nSPS) is 14.6. The summed E-state index contributed by atoms with van der Waals surface area (Å²) in [5.74, 6) is -0.263. The van der Waals surface area contributed by atoms with Gasteiger partial charge in [-0.1, -0.05) is 17.3 Å². The molecule has 2 aromatic heterocycles. The van der Waals surface area contributed by atoms with Gasteiger partial charge in [-0.25, -0.2) is 9.07 Å². The highest BCUT2D eigenvalue weighted by Gasteiger charge is 2.32. The maximum absolute atomic E-state index is 13.0. The highest BCUT2D eigenvalue weighted by molar-refractivity contribution is 5.77. The Morgan fingerprint density at radius 3 is 2.71 bits per heavy atom. The average Bonchev–Trinajstić information content (AvgIpc) is 3.18. The topological polar surface area (TPSA) is 68.8 Å². The summed E-state index contributed by atoms with van der Waals surface area (Å²) in [7, 11) is 0. The number of rotatable bonds is 4. The van der Waals surface area contributed by atoms with Gasteiger partial charge in [-0.2, -0.15) is 5.10 Å². The molecular weight excluding hydrogens is 311 g/mol. The van der Waals surface area contributed by atoms with Gasteiger partial charge in [0.2, 0.25) is 5.91 Å². The SMILES string of the molecule is O=C(Cn1cc(-c2ccc(F)cc2)cn1)N1CC(n2ccnn2)C1. The molecule has 0 aliphatic carbocycles. The Kier molecular flexibility index (Phi) is 3.56. The minimum absolute atomic E-state index is 0.0140. The molecule has 1 aromatic carbocycles. The number of carbonyl (C=O) groups excluding carboxylic acids is 1. The molecule has 3 aromatic rings. The van der Waals surface area contributed by atoms with E-state index in [1.54, 1.807) is 51.2 Å². The van der Waals surface area contributed by atoms with Gasteiger partial charge < -0.3 is 4.90 Å². The van der Waals surface area contributed by atoms with Gasteiger partial charge in [-0.05, 0) is 17.7 Å². The van der Waals surface area contributed by atoms with E-state index in [1.807, 2.05) is 0 Å². The minimum Gasteiger partial charge on any atom is -0.337 e. The van der Waals surface area contributed by atoms with Crippen molar-refractivity contribution in [3.05, 3.63) is 54.9 Å². The lowest BCUT2D eigenvalue weighted by atomic mass is 10.1. The Balaban J connectivity index is 1.36. The molecular formula is C16H15FN6O. The molecule has 7 nitrogen and oxygen atoms in total. The monoisotopic (exact) mass is 326 g/mol. The van der Waals surface area contributed by atoms with Crippen LogP contribution >= 0.6 is 0 Å². The van der Waals surface area contributed by atoms with Crippen molar-refractivity contribution in [1.29, 1.82) is 0 Å². The molecule has 4 rings (SSSR count). The van der Waals surface area contributed by atoms with Crippen LogP contribution in [0.5, 0.6) is 0 Å². The number of carbonyl (C=O) groups is 1. The molecule has 1 aliphatic rings. The van der Waals surface area contributed by atoms with E-state index in [2.05, 4.69) is 15.4 Å². The zero-order chi connectivity index (χ0) is 16.5. The van der Waals surface area contributed by atoms with Crippen molar-refractivity contribution in [3.63, 3.8) is 0 Å². The van der Waals surface area contributed by atoms with E-state index < -0.39 is 0 Å². The second-order valence-corrected chi connectivity index (χ2v) is 5.77. The largest absolute Gasteiger partial charge is 0.337 e. The van der Waals surface area contributed by atoms with Crippen LogP contribution in [0, 0.1) is 5.82 Å². The molecule has 1 aliphatic heterocycles. The van der Waals surface area contributed by atoms with Gasteiger partial charge in [-0.3, -0.25) is 9.48 Å². The number of benzene rings is 1. The van der Waals surface area contributed by atoms with E-state index in [0.717, 1.165) is 11.1 Å². The lowest BCUT2D eigenvalue weighted by molar-refractivity contribution is -0.138. The van der Waals surface area contributed by atoms with Gasteiger partial charge >= 0.3 is 0 Å². The van der Waals surface area contributed by atoms with Crippen LogP contribution < -0.4 is 0 Å². The molecule has 122 valence electrons. The number of amides is 1. The third-order valence-electron chi connectivity index (χ3n) is 4.14. The lowest BCUT2D eigenvalue weighted by Crippen LogP contribution is -2.51.